The third kappa shape index (κ3) is 5.74. The van der Waals surface area contributed by atoms with E-state index in [4.69, 9.17) is 5.11 Å². The molecular weight excluding hydrogens is 322 g/mol. The zero-order chi connectivity index (χ0) is 15.1. The van der Waals surface area contributed by atoms with Crippen molar-refractivity contribution in [3.05, 3.63) is 34.3 Å². The number of aryl methyl sites for hydroxylation is 1. The largest absolute Gasteiger partial charge is 0.481 e. The number of hydrogen-bond acceptors (Lipinski definition) is 2. The Morgan fingerprint density at radius 1 is 1.35 bits per heavy atom. The zero-order valence-electron chi connectivity index (χ0n) is 11.7. The monoisotopic (exact) mass is 341 g/mol. The summed E-state index contributed by atoms with van der Waals surface area (Å²) in [4.78, 5) is 22.7. The maximum atomic E-state index is 11.7. The summed E-state index contributed by atoms with van der Waals surface area (Å²) in [6.45, 7) is 3.86. The van der Waals surface area contributed by atoms with Crippen LogP contribution in [0.2, 0.25) is 0 Å². The van der Waals surface area contributed by atoms with Crippen molar-refractivity contribution in [1.29, 1.82) is 0 Å². The Balaban J connectivity index is 2.39. The van der Waals surface area contributed by atoms with Gasteiger partial charge in [0.15, 0.2) is 0 Å². The average Bonchev–Trinajstić information content (AvgIpc) is 2.35. The standard InChI is InChI=1S/C15H20BrNO3/c1-10(2)13(15(19)20)9-17-14(18)7-6-11-4-3-5-12(16)8-11/h3-5,8,10,13H,6-7,9H2,1-2H3,(H,17,18)(H,19,20). The van der Waals surface area contributed by atoms with Crippen LogP contribution in [0.4, 0.5) is 0 Å². The van der Waals surface area contributed by atoms with Gasteiger partial charge >= 0.3 is 5.97 Å². The molecule has 0 aliphatic heterocycles. The molecule has 1 unspecified atom stereocenters. The van der Waals surface area contributed by atoms with Gasteiger partial charge in [0.1, 0.15) is 0 Å². The minimum absolute atomic E-state index is 0.00196. The maximum Gasteiger partial charge on any atom is 0.308 e. The van der Waals surface area contributed by atoms with E-state index in [0.717, 1.165) is 10.0 Å². The number of rotatable bonds is 7. The van der Waals surface area contributed by atoms with E-state index >= 15 is 0 Å². The molecule has 0 aliphatic rings. The minimum Gasteiger partial charge on any atom is -0.481 e. The molecule has 0 saturated heterocycles. The van der Waals surface area contributed by atoms with E-state index in [0.29, 0.717) is 12.8 Å². The third-order valence-electron chi connectivity index (χ3n) is 3.17. The fourth-order valence-electron chi connectivity index (χ4n) is 1.87. The summed E-state index contributed by atoms with van der Waals surface area (Å²) in [5.41, 5.74) is 1.08. The second-order valence-electron chi connectivity index (χ2n) is 5.12. The molecule has 1 amide bonds. The van der Waals surface area contributed by atoms with Crippen molar-refractivity contribution in [3.8, 4) is 0 Å². The quantitative estimate of drug-likeness (QED) is 0.801. The molecule has 0 spiro atoms. The van der Waals surface area contributed by atoms with E-state index in [9.17, 15) is 9.59 Å². The summed E-state index contributed by atoms with van der Waals surface area (Å²) in [7, 11) is 0. The van der Waals surface area contributed by atoms with Gasteiger partial charge in [-0.2, -0.15) is 0 Å². The predicted octanol–water partition coefficient (Wildman–Crippen LogP) is 2.85. The van der Waals surface area contributed by atoms with Crippen molar-refractivity contribution in [1.82, 2.24) is 5.32 Å². The first kappa shape index (κ1) is 16.7. The maximum absolute atomic E-state index is 11.7. The average molecular weight is 342 g/mol. The lowest BCUT2D eigenvalue weighted by Gasteiger charge is -2.16. The SMILES string of the molecule is CC(C)C(CNC(=O)CCc1cccc(Br)c1)C(=O)O. The van der Waals surface area contributed by atoms with Crippen LogP contribution in [-0.4, -0.2) is 23.5 Å². The highest BCUT2D eigenvalue weighted by Gasteiger charge is 2.21. The van der Waals surface area contributed by atoms with Gasteiger partial charge in [0.05, 0.1) is 5.92 Å². The Hall–Kier alpha value is -1.36. The summed E-state index contributed by atoms with van der Waals surface area (Å²) in [6, 6.07) is 7.80. The number of benzene rings is 1. The first-order valence-corrected chi connectivity index (χ1v) is 7.43. The van der Waals surface area contributed by atoms with Crippen molar-refractivity contribution in [2.75, 3.05) is 6.54 Å². The number of halogens is 1. The van der Waals surface area contributed by atoms with Gasteiger partial charge in [0.2, 0.25) is 5.91 Å². The molecule has 110 valence electrons. The second kappa shape index (κ2) is 8.04. The molecule has 0 saturated carbocycles. The molecule has 20 heavy (non-hydrogen) atoms. The number of carboxylic acids is 1. The molecule has 1 aromatic rings. The van der Waals surface area contributed by atoms with Gasteiger partial charge in [-0.05, 0) is 30.0 Å². The van der Waals surface area contributed by atoms with Crippen LogP contribution in [0.1, 0.15) is 25.8 Å². The van der Waals surface area contributed by atoms with Crippen molar-refractivity contribution in [2.45, 2.75) is 26.7 Å². The molecule has 0 radical (unpaired) electrons. The molecule has 4 nitrogen and oxygen atoms in total. The summed E-state index contributed by atoms with van der Waals surface area (Å²) < 4.78 is 0.987. The Bertz CT molecular complexity index is 474. The van der Waals surface area contributed by atoms with E-state index in [1.54, 1.807) is 0 Å². The molecule has 5 heteroatoms. The molecular formula is C15H20BrNO3. The van der Waals surface area contributed by atoms with Gasteiger partial charge in [0, 0.05) is 17.4 Å². The summed E-state index contributed by atoms with van der Waals surface area (Å²) in [5, 5.41) is 11.7. The first-order chi connectivity index (χ1) is 9.40. The third-order valence-corrected chi connectivity index (χ3v) is 3.66. The topological polar surface area (TPSA) is 66.4 Å². The van der Waals surface area contributed by atoms with Gasteiger partial charge in [-0.1, -0.05) is 41.9 Å². The van der Waals surface area contributed by atoms with Crippen molar-refractivity contribution < 1.29 is 14.7 Å². The highest BCUT2D eigenvalue weighted by atomic mass is 79.9. The van der Waals surface area contributed by atoms with Crippen LogP contribution >= 0.6 is 15.9 Å². The number of aliphatic carboxylic acids is 1. The number of nitrogens with one attached hydrogen (secondary N) is 1. The van der Waals surface area contributed by atoms with E-state index in [1.807, 2.05) is 38.1 Å². The zero-order valence-corrected chi connectivity index (χ0v) is 13.3. The fraction of sp³-hybridized carbons (Fsp3) is 0.467. The fourth-order valence-corrected chi connectivity index (χ4v) is 2.32. The number of carbonyl (C=O) groups is 2. The van der Waals surface area contributed by atoms with Crippen LogP contribution in [0.5, 0.6) is 0 Å². The van der Waals surface area contributed by atoms with Crippen molar-refractivity contribution in [3.63, 3.8) is 0 Å². The highest BCUT2D eigenvalue weighted by molar-refractivity contribution is 9.10. The van der Waals surface area contributed by atoms with Gasteiger partial charge in [-0.15, -0.1) is 0 Å². The van der Waals surface area contributed by atoms with Crippen LogP contribution in [0.3, 0.4) is 0 Å². The van der Waals surface area contributed by atoms with Crippen molar-refractivity contribution >= 4 is 27.8 Å². The summed E-state index contributed by atoms with van der Waals surface area (Å²) >= 11 is 3.39. The second-order valence-corrected chi connectivity index (χ2v) is 6.04. The molecule has 0 bridgehead atoms. The lowest BCUT2D eigenvalue weighted by molar-refractivity contribution is -0.143. The Kier molecular flexibility index (Phi) is 6.71. The smallest absolute Gasteiger partial charge is 0.308 e. The van der Waals surface area contributed by atoms with Gasteiger partial charge in [-0.3, -0.25) is 9.59 Å². The molecule has 1 aromatic carbocycles. The highest BCUT2D eigenvalue weighted by Crippen LogP contribution is 2.13. The van der Waals surface area contributed by atoms with E-state index in [2.05, 4.69) is 21.2 Å². The molecule has 1 atom stereocenters. The molecule has 0 fully saturated rings. The molecule has 2 N–H and O–H groups in total. The van der Waals surface area contributed by atoms with Gasteiger partial charge in [-0.25, -0.2) is 0 Å². The van der Waals surface area contributed by atoms with Gasteiger partial charge < -0.3 is 10.4 Å². The van der Waals surface area contributed by atoms with Crippen LogP contribution in [0, 0.1) is 11.8 Å². The lowest BCUT2D eigenvalue weighted by Crippen LogP contribution is -2.35. The number of carboxylic acid groups (broad SMARTS) is 1. The Morgan fingerprint density at radius 3 is 2.60 bits per heavy atom. The summed E-state index contributed by atoms with van der Waals surface area (Å²) in [5.74, 6) is -1.52. The number of carbonyl (C=O) groups excluding carboxylic acids is 1. The molecule has 1 rings (SSSR count). The lowest BCUT2D eigenvalue weighted by atomic mass is 9.96. The van der Waals surface area contributed by atoms with Crippen LogP contribution in [0.25, 0.3) is 0 Å². The van der Waals surface area contributed by atoms with E-state index in [-0.39, 0.29) is 18.4 Å². The van der Waals surface area contributed by atoms with Crippen molar-refractivity contribution in [2.24, 2.45) is 11.8 Å². The van der Waals surface area contributed by atoms with E-state index in [1.165, 1.54) is 0 Å². The van der Waals surface area contributed by atoms with E-state index < -0.39 is 11.9 Å². The van der Waals surface area contributed by atoms with Crippen LogP contribution in [-0.2, 0) is 16.0 Å². The summed E-state index contributed by atoms with van der Waals surface area (Å²) in [6.07, 6.45) is 1.01. The Labute approximate surface area is 127 Å². The number of amides is 1. The molecule has 0 aliphatic carbocycles. The first-order valence-electron chi connectivity index (χ1n) is 6.64. The van der Waals surface area contributed by atoms with Crippen LogP contribution < -0.4 is 5.32 Å². The minimum atomic E-state index is -0.868. The van der Waals surface area contributed by atoms with Gasteiger partial charge in [0.25, 0.3) is 0 Å². The van der Waals surface area contributed by atoms with Crippen LogP contribution in [0.15, 0.2) is 28.7 Å². The molecule has 0 heterocycles. The Morgan fingerprint density at radius 2 is 2.05 bits per heavy atom. The predicted molar refractivity (Wildman–Crippen MR) is 81.4 cm³/mol. The molecule has 0 aromatic heterocycles. The number of hydrogen-bond donors (Lipinski definition) is 2. The normalized spacial score (nSPS) is 12.2.